The number of nitrogens with zero attached hydrogens (tertiary/aromatic N) is 5. The Kier molecular flexibility index (Phi) is 6.18. The molecule has 0 aliphatic heterocycles. The maximum Gasteiger partial charge on any atom is 0.416 e. The van der Waals surface area contributed by atoms with Crippen LogP contribution in [0.1, 0.15) is 11.1 Å². The summed E-state index contributed by atoms with van der Waals surface area (Å²) in [5.41, 5.74) is 1.77. The van der Waals surface area contributed by atoms with Gasteiger partial charge < -0.3 is 10.4 Å². The number of halogens is 3. The lowest BCUT2D eigenvalue weighted by Gasteiger charge is -2.10. The Balaban J connectivity index is 1.59. The zero-order chi connectivity index (χ0) is 24.1. The molecule has 4 rings (SSSR count). The molecule has 34 heavy (non-hydrogen) atoms. The zero-order valence-corrected chi connectivity index (χ0v) is 17.3. The highest BCUT2D eigenvalue weighted by Gasteiger charge is 2.29. The van der Waals surface area contributed by atoms with Gasteiger partial charge in [0, 0.05) is 17.4 Å². The van der Waals surface area contributed by atoms with E-state index in [0.717, 1.165) is 12.1 Å². The normalized spacial score (nSPS) is 11.4. The standard InChI is InChI=1S/C24H15F3N6O/c25-24(26,27)16-5-7-17(8-6-16)30-23-29-12-11-20(31-23)19-3-1-2-4-21(19)33-32-18-9-10-22(34)15(13-18)14-28/h1-13,34H,(H,29,30,31). The van der Waals surface area contributed by atoms with Gasteiger partial charge in [0.25, 0.3) is 0 Å². The van der Waals surface area contributed by atoms with Crippen molar-refractivity contribution in [2.24, 2.45) is 10.2 Å². The van der Waals surface area contributed by atoms with Gasteiger partial charge in [-0.1, -0.05) is 18.2 Å². The second-order valence-corrected chi connectivity index (χ2v) is 7.00. The topological polar surface area (TPSA) is 107 Å². The Morgan fingerprint density at radius 3 is 2.44 bits per heavy atom. The van der Waals surface area contributed by atoms with Crippen LogP contribution >= 0.6 is 0 Å². The molecule has 0 amide bonds. The third-order valence-corrected chi connectivity index (χ3v) is 4.68. The van der Waals surface area contributed by atoms with Crippen molar-refractivity contribution >= 4 is 23.0 Å². The number of nitriles is 1. The molecule has 0 aliphatic carbocycles. The molecule has 168 valence electrons. The van der Waals surface area contributed by atoms with Gasteiger partial charge in [0.05, 0.1) is 28.2 Å². The van der Waals surface area contributed by atoms with Gasteiger partial charge >= 0.3 is 6.18 Å². The number of hydrogen-bond donors (Lipinski definition) is 2. The molecule has 10 heteroatoms. The minimum atomic E-state index is -4.41. The van der Waals surface area contributed by atoms with E-state index in [0.29, 0.717) is 28.3 Å². The van der Waals surface area contributed by atoms with E-state index in [1.54, 1.807) is 30.3 Å². The first-order chi connectivity index (χ1) is 16.3. The van der Waals surface area contributed by atoms with Crippen LogP contribution < -0.4 is 5.32 Å². The van der Waals surface area contributed by atoms with Gasteiger partial charge in [0.2, 0.25) is 5.95 Å². The Hall–Kier alpha value is -4.78. The van der Waals surface area contributed by atoms with E-state index < -0.39 is 11.7 Å². The molecule has 0 fully saturated rings. The van der Waals surface area contributed by atoms with Gasteiger partial charge in [-0.15, -0.1) is 5.11 Å². The number of rotatable bonds is 5. The lowest BCUT2D eigenvalue weighted by molar-refractivity contribution is -0.137. The zero-order valence-electron chi connectivity index (χ0n) is 17.3. The van der Waals surface area contributed by atoms with Crippen molar-refractivity contribution in [3.63, 3.8) is 0 Å². The van der Waals surface area contributed by atoms with E-state index >= 15 is 0 Å². The highest BCUT2D eigenvalue weighted by Crippen LogP contribution is 2.32. The van der Waals surface area contributed by atoms with Crippen LogP contribution in [0.5, 0.6) is 5.75 Å². The second-order valence-electron chi connectivity index (χ2n) is 7.00. The SMILES string of the molecule is N#Cc1cc(N=Nc2ccccc2-c2ccnc(Nc3ccc(C(F)(F)F)cc3)n2)ccc1O. The maximum absolute atomic E-state index is 12.8. The molecular weight excluding hydrogens is 445 g/mol. The summed E-state index contributed by atoms with van der Waals surface area (Å²) in [6, 6.07) is 19.5. The van der Waals surface area contributed by atoms with Crippen molar-refractivity contribution in [1.82, 2.24) is 9.97 Å². The number of aromatic hydroxyl groups is 1. The van der Waals surface area contributed by atoms with Crippen LogP contribution in [0.25, 0.3) is 11.3 Å². The van der Waals surface area contributed by atoms with E-state index in [4.69, 9.17) is 5.26 Å². The molecule has 0 aliphatic rings. The number of benzene rings is 3. The molecule has 0 atom stereocenters. The summed E-state index contributed by atoms with van der Waals surface area (Å²) < 4.78 is 38.3. The minimum absolute atomic E-state index is 0.0829. The van der Waals surface area contributed by atoms with Crippen LogP contribution in [0.15, 0.2) is 89.2 Å². The highest BCUT2D eigenvalue weighted by atomic mass is 19.4. The molecule has 0 saturated heterocycles. The van der Waals surface area contributed by atoms with Crippen molar-refractivity contribution in [3.05, 3.63) is 90.1 Å². The number of aromatic nitrogens is 2. The number of alkyl halides is 3. The Morgan fingerprint density at radius 2 is 1.71 bits per heavy atom. The van der Waals surface area contributed by atoms with Gasteiger partial charge in [-0.2, -0.15) is 23.5 Å². The Morgan fingerprint density at radius 1 is 0.941 bits per heavy atom. The van der Waals surface area contributed by atoms with E-state index in [-0.39, 0.29) is 17.3 Å². The maximum atomic E-state index is 12.8. The van der Waals surface area contributed by atoms with Crippen LogP contribution in [0.2, 0.25) is 0 Å². The number of anilines is 2. The van der Waals surface area contributed by atoms with Crippen molar-refractivity contribution < 1.29 is 18.3 Å². The molecule has 3 aromatic carbocycles. The molecule has 1 aromatic heterocycles. The fourth-order valence-electron chi connectivity index (χ4n) is 3.01. The van der Waals surface area contributed by atoms with E-state index in [2.05, 4.69) is 25.5 Å². The first-order valence-electron chi connectivity index (χ1n) is 9.85. The molecule has 0 bridgehead atoms. The van der Waals surface area contributed by atoms with Crippen molar-refractivity contribution in [2.75, 3.05) is 5.32 Å². The van der Waals surface area contributed by atoms with E-state index in [9.17, 15) is 18.3 Å². The third-order valence-electron chi connectivity index (χ3n) is 4.68. The van der Waals surface area contributed by atoms with Crippen LogP contribution in [0.3, 0.4) is 0 Å². The molecular formula is C24H15F3N6O. The van der Waals surface area contributed by atoms with E-state index in [1.165, 1.54) is 36.5 Å². The summed E-state index contributed by atoms with van der Waals surface area (Å²) >= 11 is 0. The van der Waals surface area contributed by atoms with Crippen molar-refractivity contribution in [1.29, 1.82) is 5.26 Å². The van der Waals surface area contributed by atoms with E-state index in [1.807, 2.05) is 6.07 Å². The molecule has 1 heterocycles. The van der Waals surface area contributed by atoms with Crippen LogP contribution in [0.4, 0.5) is 36.2 Å². The number of hydrogen-bond acceptors (Lipinski definition) is 7. The summed E-state index contributed by atoms with van der Waals surface area (Å²) in [6.07, 6.45) is -2.90. The molecule has 0 spiro atoms. The summed E-state index contributed by atoms with van der Waals surface area (Å²) in [6.45, 7) is 0. The lowest BCUT2D eigenvalue weighted by atomic mass is 10.1. The van der Waals surface area contributed by atoms with Gasteiger partial charge in [-0.3, -0.25) is 0 Å². The van der Waals surface area contributed by atoms with Gasteiger partial charge in [-0.05, 0) is 54.6 Å². The first-order valence-corrected chi connectivity index (χ1v) is 9.85. The molecule has 4 aromatic rings. The average molecular weight is 460 g/mol. The molecule has 0 unspecified atom stereocenters. The van der Waals surface area contributed by atoms with Crippen molar-refractivity contribution in [2.45, 2.75) is 6.18 Å². The number of nitrogens with one attached hydrogen (secondary N) is 1. The average Bonchev–Trinajstić information content (AvgIpc) is 2.84. The van der Waals surface area contributed by atoms with Crippen LogP contribution in [-0.4, -0.2) is 15.1 Å². The Labute approximate surface area is 191 Å². The van der Waals surface area contributed by atoms with Crippen LogP contribution in [0, 0.1) is 11.3 Å². The second kappa shape index (κ2) is 9.38. The largest absolute Gasteiger partial charge is 0.507 e. The van der Waals surface area contributed by atoms with Gasteiger partial charge in [-0.25, -0.2) is 9.97 Å². The number of phenols is 1. The number of azo groups is 1. The molecule has 0 saturated carbocycles. The van der Waals surface area contributed by atoms with Crippen molar-refractivity contribution in [3.8, 4) is 23.1 Å². The fourth-order valence-corrected chi connectivity index (χ4v) is 3.01. The Bertz CT molecular complexity index is 1400. The smallest absolute Gasteiger partial charge is 0.416 e. The monoisotopic (exact) mass is 460 g/mol. The quantitative estimate of drug-likeness (QED) is 0.315. The summed E-state index contributed by atoms with van der Waals surface area (Å²) in [7, 11) is 0. The minimum Gasteiger partial charge on any atom is -0.507 e. The lowest BCUT2D eigenvalue weighted by Crippen LogP contribution is -2.04. The molecule has 0 radical (unpaired) electrons. The fraction of sp³-hybridized carbons (Fsp3) is 0.0417. The predicted molar refractivity (Wildman–Crippen MR) is 119 cm³/mol. The molecule has 7 nitrogen and oxygen atoms in total. The molecule has 2 N–H and O–H groups in total. The summed E-state index contributed by atoms with van der Waals surface area (Å²) in [5.74, 6) is 0.0529. The summed E-state index contributed by atoms with van der Waals surface area (Å²) in [5, 5.41) is 30.0. The van der Waals surface area contributed by atoms with Crippen LogP contribution in [-0.2, 0) is 6.18 Å². The summed E-state index contributed by atoms with van der Waals surface area (Å²) in [4.78, 5) is 8.57. The van der Waals surface area contributed by atoms with Gasteiger partial charge in [0.1, 0.15) is 11.8 Å². The first kappa shape index (κ1) is 22.4. The van der Waals surface area contributed by atoms with Gasteiger partial charge in [0.15, 0.2) is 0 Å². The predicted octanol–water partition coefficient (Wildman–Crippen LogP) is 6.90. The number of phenolic OH excluding ortho intramolecular Hbond substituents is 1. The highest BCUT2D eigenvalue weighted by molar-refractivity contribution is 5.73. The third kappa shape index (κ3) is 5.16.